The molecule has 1 aliphatic rings. The number of aromatic nitrogens is 2. The van der Waals surface area contributed by atoms with Crippen LogP contribution >= 0.6 is 23.2 Å². The molecular formula is C22H24Cl2N4O2. The molecule has 1 N–H and O–H groups in total. The van der Waals surface area contributed by atoms with Crippen LogP contribution < -0.4 is 14.8 Å². The maximum atomic E-state index is 6.30. The first-order chi connectivity index (χ1) is 14.6. The molecule has 0 bridgehead atoms. The molecule has 1 fully saturated rings. The third-order valence-corrected chi connectivity index (χ3v) is 5.77. The monoisotopic (exact) mass is 446 g/mol. The lowest BCUT2D eigenvalue weighted by Crippen LogP contribution is -2.33. The fraction of sp³-hybridized carbons (Fsp3) is 0.364. The van der Waals surface area contributed by atoms with Crippen molar-refractivity contribution in [2.75, 3.05) is 38.7 Å². The first-order valence-corrected chi connectivity index (χ1v) is 10.8. The van der Waals surface area contributed by atoms with Crippen LogP contribution in [0.25, 0.3) is 10.9 Å². The molecule has 0 atom stereocenters. The number of ether oxygens (including phenoxy) is 2. The predicted molar refractivity (Wildman–Crippen MR) is 122 cm³/mol. The largest absolute Gasteiger partial charge is 0.493 e. The molecule has 4 rings (SSSR count). The fourth-order valence-electron chi connectivity index (χ4n) is 3.62. The Morgan fingerprint density at radius 2 is 1.87 bits per heavy atom. The Labute approximate surface area is 186 Å². The number of fused-ring (bicyclic) bond motifs is 1. The summed E-state index contributed by atoms with van der Waals surface area (Å²) in [5.41, 5.74) is 1.47. The summed E-state index contributed by atoms with van der Waals surface area (Å²) in [5, 5.41) is 5.15. The second-order valence-corrected chi connectivity index (χ2v) is 8.09. The quantitative estimate of drug-likeness (QED) is 0.512. The Hall–Kier alpha value is -2.28. The summed E-state index contributed by atoms with van der Waals surface area (Å²) in [6, 6.07) is 9.05. The van der Waals surface area contributed by atoms with Crippen molar-refractivity contribution in [3.63, 3.8) is 0 Å². The number of hydrogen-bond acceptors (Lipinski definition) is 6. The minimum atomic E-state index is 0.513. The molecule has 30 heavy (non-hydrogen) atoms. The van der Waals surface area contributed by atoms with Gasteiger partial charge < -0.3 is 14.8 Å². The summed E-state index contributed by atoms with van der Waals surface area (Å²) in [7, 11) is 1.63. The maximum Gasteiger partial charge on any atom is 0.163 e. The number of piperidine rings is 1. The molecule has 2 heterocycles. The van der Waals surface area contributed by atoms with Gasteiger partial charge in [0.05, 0.1) is 23.3 Å². The number of benzene rings is 2. The second kappa shape index (κ2) is 9.69. The zero-order chi connectivity index (χ0) is 20.9. The number of nitrogens with one attached hydrogen (secondary N) is 1. The van der Waals surface area contributed by atoms with E-state index in [2.05, 4.69) is 20.2 Å². The van der Waals surface area contributed by atoms with Gasteiger partial charge in [-0.1, -0.05) is 29.6 Å². The van der Waals surface area contributed by atoms with Crippen molar-refractivity contribution in [3.05, 3.63) is 46.7 Å². The van der Waals surface area contributed by atoms with Gasteiger partial charge in [-0.15, -0.1) is 0 Å². The third-order valence-electron chi connectivity index (χ3n) is 5.22. The normalized spacial score (nSPS) is 14.6. The number of likely N-dealkylation sites (tertiary alicyclic amines) is 1. The van der Waals surface area contributed by atoms with E-state index in [1.165, 1.54) is 25.6 Å². The molecular weight excluding hydrogens is 423 g/mol. The zero-order valence-electron chi connectivity index (χ0n) is 16.8. The van der Waals surface area contributed by atoms with Crippen molar-refractivity contribution in [1.29, 1.82) is 0 Å². The summed E-state index contributed by atoms with van der Waals surface area (Å²) in [6.07, 6.45) is 5.37. The van der Waals surface area contributed by atoms with Crippen LogP contribution in [-0.2, 0) is 0 Å². The lowest BCUT2D eigenvalue weighted by Gasteiger charge is -2.26. The van der Waals surface area contributed by atoms with E-state index < -0.39 is 0 Å². The topological polar surface area (TPSA) is 59.5 Å². The molecule has 6 nitrogen and oxygen atoms in total. The smallest absolute Gasteiger partial charge is 0.163 e. The van der Waals surface area contributed by atoms with Crippen molar-refractivity contribution in [1.82, 2.24) is 14.9 Å². The molecule has 0 amide bonds. The van der Waals surface area contributed by atoms with Crippen LogP contribution in [0.4, 0.5) is 11.5 Å². The number of hydrogen-bond donors (Lipinski definition) is 1. The van der Waals surface area contributed by atoms with Crippen LogP contribution in [-0.4, -0.2) is 48.2 Å². The van der Waals surface area contributed by atoms with Crippen LogP contribution in [0.2, 0.25) is 10.0 Å². The first kappa shape index (κ1) is 21.0. The average molecular weight is 447 g/mol. The van der Waals surface area contributed by atoms with E-state index in [0.717, 1.165) is 30.5 Å². The van der Waals surface area contributed by atoms with Crippen molar-refractivity contribution in [2.24, 2.45) is 0 Å². The van der Waals surface area contributed by atoms with Gasteiger partial charge in [0.25, 0.3) is 0 Å². The number of nitrogens with zero attached hydrogens (tertiary/aromatic N) is 3. The van der Waals surface area contributed by atoms with Gasteiger partial charge in [0.2, 0.25) is 0 Å². The second-order valence-electron chi connectivity index (χ2n) is 7.24. The number of halogens is 2. The molecule has 158 valence electrons. The van der Waals surface area contributed by atoms with Gasteiger partial charge in [0.1, 0.15) is 18.8 Å². The Balaban J connectivity index is 1.55. The Morgan fingerprint density at radius 1 is 1.03 bits per heavy atom. The molecule has 0 radical (unpaired) electrons. The zero-order valence-corrected chi connectivity index (χ0v) is 18.3. The molecule has 0 saturated carbocycles. The molecule has 2 aromatic carbocycles. The highest BCUT2D eigenvalue weighted by molar-refractivity contribution is 6.36. The van der Waals surface area contributed by atoms with Crippen LogP contribution in [0.1, 0.15) is 19.3 Å². The summed E-state index contributed by atoms with van der Waals surface area (Å²) >= 11 is 12.3. The number of rotatable bonds is 7. The molecule has 8 heteroatoms. The molecule has 1 saturated heterocycles. The molecule has 3 aromatic rings. The minimum absolute atomic E-state index is 0.513. The minimum Gasteiger partial charge on any atom is -0.493 e. The van der Waals surface area contributed by atoms with Gasteiger partial charge in [-0.05, 0) is 50.2 Å². The molecule has 0 unspecified atom stereocenters. The van der Waals surface area contributed by atoms with E-state index in [0.29, 0.717) is 39.7 Å². The highest BCUT2D eigenvalue weighted by Gasteiger charge is 2.14. The van der Waals surface area contributed by atoms with Crippen molar-refractivity contribution < 1.29 is 9.47 Å². The van der Waals surface area contributed by atoms with Crippen LogP contribution in [0.5, 0.6) is 11.5 Å². The summed E-state index contributed by atoms with van der Waals surface area (Å²) in [4.78, 5) is 11.2. The summed E-state index contributed by atoms with van der Waals surface area (Å²) in [5.74, 6) is 1.94. The van der Waals surface area contributed by atoms with Gasteiger partial charge >= 0.3 is 0 Å². The maximum absolute atomic E-state index is 6.30. The highest BCUT2D eigenvalue weighted by atomic mass is 35.5. The van der Waals surface area contributed by atoms with E-state index in [1.54, 1.807) is 19.2 Å². The van der Waals surface area contributed by atoms with E-state index in [1.807, 2.05) is 18.2 Å². The van der Waals surface area contributed by atoms with E-state index in [4.69, 9.17) is 32.7 Å². The lowest BCUT2D eigenvalue weighted by atomic mass is 10.1. The number of anilines is 2. The van der Waals surface area contributed by atoms with Crippen molar-refractivity contribution in [2.45, 2.75) is 19.3 Å². The Bertz CT molecular complexity index is 1030. The van der Waals surface area contributed by atoms with Crippen molar-refractivity contribution >= 4 is 45.6 Å². The third kappa shape index (κ3) is 4.89. The lowest BCUT2D eigenvalue weighted by molar-refractivity contribution is 0.181. The van der Waals surface area contributed by atoms with E-state index in [-0.39, 0.29) is 0 Å². The van der Waals surface area contributed by atoms with Crippen LogP contribution in [0, 0.1) is 0 Å². The van der Waals surface area contributed by atoms with E-state index >= 15 is 0 Å². The van der Waals surface area contributed by atoms with Gasteiger partial charge in [0.15, 0.2) is 11.5 Å². The predicted octanol–water partition coefficient (Wildman–Crippen LogP) is 5.55. The Morgan fingerprint density at radius 3 is 2.63 bits per heavy atom. The van der Waals surface area contributed by atoms with Crippen molar-refractivity contribution in [3.8, 4) is 11.5 Å². The summed E-state index contributed by atoms with van der Waals surface area (Å²) in [6.45, 7) is 3.81. The molecule has 0 aliphatic carbocycles. The SMILES string of the molecule is COc1cc2c(Nc3ccc(Cl)cc3Cl)ncnc2cc1OCCN1CCCCC1. The van der Waals surface area contributed by atoms with Gasteiger partial charge in [-0.2, -0.15) is 0 Å². The molecule has 0 spiro atoms. The van der Waals surface area contributed by atoms with E-state index in [9.17, 15) is 0 Å². The van der Waals surface area contributed by atoms with Gasteiger partial charge in [-0.25, -0.2) is 9.97 Å². The molecule has 1 aromatic heterocycles. The summed E-state index contributed by atoms with van der Waals surface area (Å²) < 4.78 is 11.6. The highest BCUT2D eigenvalue weighted by Crippen LogP contribution is 2.36. The number of methoxy groups -OCH3 is 1. The molecule has 1 aliphatic heterocycles. The first-order valence-electron chi connectivity index (χ1n) is 10.0. The standard InChI is InChI=1S/C22H24Cl2N4O2/c1-29-20-12-16-19(13-21(20)30-10-9-28-7-3-2-4-8-28)25-14-26-22(16)27-18-6-5-15(23)11-17(18)24/h5-6,11-14H,2-4,7-10H2,1H3,(H,25,26,27). The Kier molecular flexibility index (Phi) is 6.77. The van der Waals surface area contributed by atoms with Crippen LogP contribution in [0.3, 0.4) is 0 Å². The van der Waals surface area contributed by atoms with Gasteiger partial charge in [-0.3, -0.25) is 4.90 Å². The fourth-order valence-corrected chi connectivity index (χ4v) is 4.08. The van der Waals surface area contributed by atoms with Crippen LogP contribution in [0.15, 0.2) is 36.7 Å². The average Bonchev–Trinajstić information content (AvgIpc) is 2.76. The van der Waals surface area contributed by atoms with Gasteiger partial charge in [0, 0.05) is 23.0 Å².